The standard InChI is InChI=1S/C17H21N3O2S/c21-16-11-15(18-12-19-16)13-6-8-20(9-7-13)17(22)5-1-3-14-4-2-10-23-14/h2,4,10-13H,1,3,5-9H2,(H,18,19,21). The minimum absolute atomic E-state index is 0.109. The molecular formula is C17H21N3O2S. The highest BCUT2D eigenvalue weighted by molar-refractivity contribution is 7.09. The first-order valence-electron chi connectivity index (χ1n) is 8.07. The van der Waals surface area contributed by atoms with Crippen molar-refractivity contribution >= 4 is 17.2 Å². The summed E-state index contributed by atoms with van der Waals surface area (Å²) >= 11 is 1.75. The summed E-state index contributed by atoms with van der Waals surface area (Å²) in [6, 6.07) is 5.74. The zero-order valence-corrected chi connectivity index (χ0v) is 13.8. The maximum absolute atomic E-state index is 12.3. The number of hydrogen-bond donors (Lipinski definition) is 1. The van der Waals surface area contributed by atoms with Crippen LogP contribution >= 0.6 is 11.3 Å². The Balaban J connectivity index is 1.44. The number of aromatic nitrogens is 2. The van der Waals surface area contributed by atoms with E-state index in [0.717, 1.165) is 44.5 Å². The molecule has 2 aromatic rings. The molecule has 1 fully saturated rings. The molecule has 1 amide bonds. The van der Waals surface area contributed by atoms with Gasteiger partial charge in [-0.15, -0.1) is 11.3 Å². The van der Waals surface area contributed by atoms with E-state index in [1.54, 1.807) is 17.4 Å². The first-order chi connectivity index (χ1) is 11.2. The lowest BCUT2D eigenvalue weighted by atomic mass is 9.93. The molecule has 0 radical (unpaired) electrons. The lowest BCUT2D eigenvalue weighted by Crippen LogP contribution is -2.38. The summed E-state index contributed by atoms with van der Waals surface area (Å²) in [6.07, 6.45) is 5.73. The summed E-state index contributed by atoms with van der Waals surface area (Å²) < 4.78 is 0. The molecule has 3 rings (SSSR count). The second-order valence-electron chi connectivity index (χ2n) is 5.92. The number of piperidine rings is 1. The minimum atomic E-state index is -0.109. The van der Waals surface area contributed by atoms with Gasteiger partial charge in [-0.05, 0) is 37.1 Å². The lowest BCUT2D eigenvalue weighted by Gasteiger charge is -2.31. The lowest BCUT2D eigenvalue weighted by molar-refractivity contribution is -0.132. The number of amides is 1. The number of carbonyl (C=O) groups excluding carboxylic acids is 1. The molecule has 0 bridgehead atoms. The van der Waals surface area contributed by atoms with Gasteiger partial charge < -0.3 is 9.88 Å². The van der Waals surface area contributed by atoms with Crippen LogP contribution in [0, 0.1) is 0 Å². The van der Waals surface area contributed by atoms with Gasteiger partial charge >= 0.3 is 0 Å². The number of carbonyl (C=O) groups is 1. The molecule has 2 aromatic heterocycles. The van der Waals surface area contributed by atoms with E-state index >= 15 is 0 Å². The fraction of sp³-hybridized carbons (Fsp3) is 0.471. The largest absolute Gasteiger partial charge is 0.343 e. The summed E-state index contributed by atoms with van der Waals surface area (Å²) in [5, 5.41) is 2.07. The Morgan fingerprint density at radius 2 is 2.22 bits per heavy atom. The molecule has 122 valence electrons. The number of aromatic amines is 1. The van der Waals surface area contributed by atoms with Gasteiger partial charge in [0.15, 0.2) is 0 Å². The van der Waals surface area contributed by atoms with Crippen molar-refractivity contribution in [3.8, 4) is 0 Å². The third-order valence-corrected chi connectivity index (χ3v) is 5.30. The van der Waals surface area contributed by atoms with E-state index in [-0.39, 0.29) is 17.4 Å². The van der Waals surface area contributed by atoms with E-state index in [4.69, 9.17) is 0 Å². The Morgan fingerprint density at radius 1 is 1.39 bits per heavy atom. The van der Waals surface area contributed by atoms with E-state index < -0.39 is 0 Å². The zero-order valence-electron chi connectivity index (χ0n) is 13.0. The summed E-state index contributed by atoms with van der Waals surface area (Å²) in [6.45, 7) is 1.52. The number of nitrogens with zero attached hydrogens (tertiary/aromatic N) is 2. The Labute approximate surface area is 139 Å². The molecule has 1 saturated heterocycles. The van der Waals surface area contributed by atoms with E-state index in [1.807, 2.05) is 4.90 Å². The van der Waals surface area contributed by atoms with Gasteiger partial charge in [0.1, 0.15) is 0 Å². The number of H-pyrrole nitrogens is 1. The van der Waals surface area contributed by atoms with Gasteiger partial charge in [0, 0.05) is 36.4 Å². The van der Waals surface area contributed by atoms with Crippen LogP contribution < -0.4 is 5.56 Å². The number of aryl methyl sites for hydroxylation is 1. The van der Waals surface area contributed by atoms with Gasteiger partial charge in [-0.25, -0.2) is 4.98 Å². The van der Waals surface area contributed by atoms with Crippen LogP contribution in [0.5, 0.6) is 0 Å². The van der Waals surface area contributed by atoms with Gasteiger partial charge in [-0.2, -0.15) is 0 Å². The number of hydrogen-bond acceptors (Lipinski definition) is 4. The highest BCUT2D eigenvalue weighted by atomic mass is 32.1. The predicted octanol–water partition coefficient (Wildman–Crippen LogP) is 2.56. The molecule has 0 unspecified atom stereocenters. The highest BCUT2D eigenvalue weighted by Crippen LogP contribution is 2.26. The third-order valence-electron chi connectivity index (χ3n) is 4.36. The van der Waals surface area contributed by atoms with Crippen molar-refractivity contribution in [1.82, 2.24) is 14.9 Å². The van der Waals surface area contributed by atoms with Crippen LogP contribution in [0.25, 0.3) is 0 Å². The predicted molar refractivity (Wildman–Crippen MR) is 90.7 cm³/mol. The van der Waals surface area contributed by atoms with Crippen molar-refractivity contribution in [3.63, 3.8) is 0 Å². The van der Waals surface area contributed by atoms with Gasteiger partial charge in [-0.3, -0.25) is 9.59 Å². The fourth-order valence-electron chi connectivity index (χ4n) is 3.06. The molecule has 1 N–H and O–H groups in total. The van der Waals surface area contributed by atoms with Crippen molar-refractivity contribution < 1.29 is 4.79 Å². The normalized spacial score (nSPS) is 15.7. The van der Waals surface area contributed by atoms with Crippen molar-refractivity contribution in [2.75, 3.05) is 13.1 Å². The molecule has 1 aliphatic rings. The smallest absolute Gasteiger partial charge is 0.250 e. The molecule has 3 heterocycles. The van der Waals surface area contributed by atoms with E-state index in [0.29, 0.717) is 6.42 Å². The minimum Gasteiger partial charge on any atom is -0.343 e. The molecule has 1 aliphatic heterocycles. The van der Waals surface area contributed by atoms with Gasteiger partial charge in [0.2, 0.25) is 5.91 Å². The van der Waals surface area contributed by atoms with Crippen LogP contribution in [0.15, 0.2) is 34.7 Å². The van der Waals surface area contributed by atoms with Crippen molar-refractivity contribution in [2.45, 2.75) is 38.0 Å². The topological polar surface area (TPSA) is 66.1 Å². The van der Waals surface area contributed by atoms with E-state index in [2.05, 4.69) is 27.5 Å². The Bertz CT molecular complexity index is 688. The summed E-state index contributed by atoms with van der Waals surface area (Å²) in [7, 11) is 0. The van der Waals surface area contributed by atoms with Crippen molar-refractivity contribution in [1.29, 1.82) is 0 Å². The van der Waals surface area contributed by atoms with Crippen molar-refractivity contribution in [3.05, 3.63) is 50.8 Å². The molecule has 0 saturated carbocycles. The molecule has 0 atom stereocenters. The van der Waals surface area contributed by atoms with Gasteiger partial charge in [0.05, 0.1) is 12.0 Å². The van der Waals surface area contributed by atoms with Crippen LogP contribution in [0.3, 0.4) is 0 Å². The van der Waals surface area contributed by atoms with E-state index in [9.17, 15) is 9.59 Å². The molecule has 5 nitrogen and oxygen atoms in total. The maximum atomic E-state index is 12.3. The number of thiophene rings is 1. The Kier molecular flexibility index (Phi) is 5.23. The van der Waals surface area contributed by atoms with Crippen LogP contribution in [-0.4, -0.2) is 33.9 Å². The molecule has 0 spiro atoms. The van der Waals surface area contributed by atoms with Crippen LogP contribution in [-0.2, 0) is 11.2 Å². The second-order valence-corrected chi connectivity index (χ2v) is 6.96. The third kappa shape index (κ3) is 4.28. The summed E-state index contributed by atoms with van der Waals surface area (Å²) in [5.41, 5.74) is 0.737. The van der Waals surface area contributed by atoms with Crippen LogP contribution in [0.1, 0.15) is 42.2 Å². The van der Waals surface area contributed by atoms with Crippen molar-refractivity contribution in [2.24, 2.45) is 0 Å². The second kappa shape index (κ2) is 7.55. The number of likely N-dealkylation sites (tertiary alicyclic amines) is 1. The maximum Gasteiger partial charge on any atom is 0.250 e. The van der Waals surface area contributed by atoms with Gasteiger partial charge in [0.25, 0.3) is 5.56 Å². The summed E-state index contributed by atoms with van der Waals surface area (Å²) in [4.78, 5) is 33.7. The quantitative estimate of drug-likeness (QED) is 0.916. The highest BCUT2D eigenvalue weighted by Gasteiger charge is 2.24. The van der Waals surface area contributed by atoms with Crippen LogP contribution in [0.2, 0.25) is 0 Å². The number of rotatable bonds is 5. The molecule has 23 heavy (non-hydrogen) atoms. The summed E-state index contributed by atoms with van der Waals surface area (Å²) in [5.74, 6) is 0.534. The molecule has 0 aromatic carbocycles. The first kappa shape index (κ1) is 15.9. The molecule has 6 heteroatoms. The SMILES string of the molecule is O=C(CCCc1cccs1)N1CCC(c2cc(=O)[nH]cn2)CC1. The molecule has 0 aliphatic carbocycles. The van der Waals surface area contributed by atoms with Gasteiger partial charge in [-0.1, -0.05) is 6.07 Å². The van der Waals surface area contributed by atoms with Crippen LogP contribution in [0.4, 0.5) is 0 Å². The Morgan fingerprint density at radius 3 is 2.91 bits per heavy atom. The average Bonchev–Trinajstić information content (AvgIpc) is 3.08. The number of nitrogens with one attached hydrogen (secondary N) is 1. The zero-order chi connectivity index (χ0) is 16.1. The van der Waals surface area contributed by atoms with E-state index in [1.165, 1.54) is 11.2 Å². The first-order valence-corrected chi connectivity index (χ1v) is 8.95. The molecular weight excluding hydrogens is 310 g/mol. The monoisotopic (exact) mass is 331 g/mol. The Hall–Kier alpha value is -1.95. The fourth-order valence-corrected chi connectivity index (χ4v) is 3.81. The average molecular weight is 331 g/mol.